The minimum absolute atomic E-state index is 0.103. The monoisotopic (exact) mass is 288 g/mol. The second-order valence-corrected chi connectivity index (χ2v) is 8.16. The van der Waals surface area contributed by atoms with E-state index < -0.39 is 9.84 Å². The molecule has 0 atom stereocenters. The average Bonchev–Trinajstić information content (AvgIpc) is 2.60. The minimum Gasteiger partial charge on any atom is -0.228 e. The highest BCUT2D eigenvalue weighted by atomic mass is 35.5. The Morgan fingerprint density at radius 1 is 1.35 bits per heavy atom. The number of hydrogen-bond donors (Lipinski definition) is 0. The van der Waals surface area contributed by atoms with Crippen molar-refractivity contribution < 1.29 is 8.42 Å². The molecule has 0 saturated heterocycles. The van der Waals surface area contributed by atoms with Gasteiger partial charge in [-0.3, -0.25) is 0 Å². The number of rotatable bonds is 3. The summed E-state index contributed by atoms with van der Waals surface area (Å²) < 4.78 is 24.8. The SMILES string of the molecule is CC(C)S(=O)(=O)Cc1csc2cc(Cl)ccc12. The van der Waals surface area contributed by atoms with E-state index >= 15 is 0 Å². The van der Waals surface area contributed by atoms with Gasteiger partial charge < -0.3 is 0 Å². The van der Waals surface area contributed by atoms with Crippen LogP contribution in [0.2, 0.25) is 5.02 Å². The molecule has 0 aliphatic heterocycles. The smallest absolute Gasteiger partial charge is 0.156 e. The topological polar surface area (TPSA) is 34.1 Å². The first kappa shape index (κ1) is 12.9. The van der Waals surface area contributed by atoms with Gasteiger partial charge in [-0.15, -0.1) is 11.3 Å². The zero-order valence-corrected chi connectivity index (χ0v) is 12.0. The molecule has 0 N–H and O–H groups in total. The maximum atomic E-state index is 11.9. The third-order valence-corrected chi connectivity index (χ3v) is 6.07. The predicted octanol–water partition coefficient (Wildman–Crippen LogP) is 3.88. The molecule has 0 bridgehead atoms. The summed E-state index contributed by atoms with van der Waals surface area (Å²) in [5, 5.41) is 3.23. The maximum absolute atomic E-state index is 11.9. The Kier molecular flexibility index (Phi) is 3.48. The zero-order valence-electron chi connectivity index (χ0n) is 9.60. The number of benzene rings is 1. The van der Waals surface area contributed by atoms with Gasteiger partial charge in [0.2, 0.25) is 0 Å². The highest BCUT2D eigenvalue weighted by Gasteiger charge is 2.18. The predicted molar refractivity (Wildman–Crippen MR) is 74.6 cm³/mol. The molecular formula is C12H13ClO2S2. The van der Waals surface area contributed by atoms with E-state index in [9.17, 15) is 8.42 Å². The van der Waals surface area contributed by atoms with Gasteiger partial charge in [0.05, 0.1) is 11.0 Å². The molecule has 1 heterocycles. The van der Waals surface area contributed by atoms with Crippen molar-refractivity contribution in [1.29, 1.82) is 0 Å². The summed E-state index contributed by atoms with van der Waals surface area (Å²) in [6, 6.07) is 5.55. The van der Waals surface area contributed by atoms with Crippen LogP contribution >= 0.6 is 22.9 Å². The average molecular weight is 289 g/mol. The molecule has 0 aliphatic rings. The zero-order chi connectivity index (χ0) is 12.6. The summed E-state index contributed by atoms with van der Waals surface area (Å²) in [5.74, 6) is 0.103. The van der Waals surface area contributed by atoms with Crippen LogP contribution in [0.3, 0.4) is 0 Å². The molecule has 92 valence electrons. The lowest BCUT2D eigenvalue weighted by Gasteiger charge is -2.06. The second-order valence-electron chi connectivity index (χ2n) is 4.26. The molecule has 5 heteroatoms. The summed E-state index contributed by atoms with van der Waals surface area (Å²) in [5.41, 5.74) is 0.871. The van der Waals surface area contributed by atoms with Gasteiger partial charge in [-0.2, -0.15) is 0 Å². The number of fused-ring (bicyclic) bond motifs is 1. The molecule has 2 aromatic rings. The van der Waals surface area contributed by atoms with Gasteiger partial charge in [0.1, 0.15) is 0 Å². The van der Waals surface area contributed by atoms with Crippen LogP contribution in [-0.4, -0.2) is 13.7 Å². The molecule has 2 rings (SSSR count). The van der Waals surface area contributed by atoms with E-state index in [4.69, 9.17) is 11.6 Å². The summed E-state index contributed by atoms with van der Waals surface area (Å²) in [6.45, 7) is 3.42. The third-order valence-electron chi connectivity index (χ3n) is 2.69. The molecule has 0 amide bonds. The van der Waals surface area contributed by atoms with Crippen LogP contribution < -0.4 is 0 Å². The van der Waals surface area contributed by atoms with Crippen LogP contribution in [0.25, 0.3) is 10.1 Å². The van der Waals surface area contributed by atoms with Crippen LogP contribution in [-0.2, 0) is 15.6 Å². The van der Waals surface area contributed by atoms with Gasteiger partial charge in [0.15, 0.2) is 9.84 Å². The molecule has 1 aromatic carbocycles. The van der Waals surface area contributed by atoms with Crippen molar-refractivity contribution in [3.63, 3.8) is 0 Å². The van der Waals surface area contributed by atoms with Crippen LogP contribution in [0.1, 0.15) is 19.4 Å². The van der Waals surface area contributed by atoms with Gasteiger partial charge >= 0.3 is 0 Å². The molecule has 0 spiro atoms. The van der Waals surface area contributed by atoms with Gasteiger partial charge in [0, 0.05) is 9.72 Å². The fourth-order valence-electron chi connectivity index (χ4n) is 1.55. The van der Waals surface area contributed by atoms with Gasteiger partial charge in [0.25, 0.3) is 0 Å². The lowest BCUT2D eigenvalue weighted by Crippen LogP contribution is -2.15. The molecule has 0 fully saturated rings. The molecule has 2 nitrogen and oxygen atoms in total. The summed E-state index contributed by atoms with van der Waals surface area (Å²) in [6.07, 6.45) is 0. The van der Waals surface area contributed by atoms with Crippen LogP contribution in [0, 0.1) is 0 Å². The summed E-state index contributed by atoms with van der Waals surface area (Å²) in [4.78, 5) is 0. The summed E-state index contributed by atoms with van der Waals surface area (Å²) in [7, 11) is -3.05. The minimum atomic E-state index is -3.05. The Bertz CT molecular complexity index is 642. The fraction of sp³-hybridized carbons (Fsp3) is 0.333. The first-order valence-electron chi connectivity index (χ1n) is 5.27. The third kappa shape index (κ3) is 2.64. The Balaban J connectivity index is 2.45. The number of halogens is 1. The van der Waals surface area contributed by atoms with E-state index in [1.54, 1.807) is 19.9 Å². The van der Waals surface area contributed by atoms with E-state index in [0.717, 1.165) is 15.6 Å². The maximum Gasteiger partial charge on any atom is 0.156 e. The van der Waals surface area contributed by atoms with Gasteiger partial charge in [-0.05, 0) is 42.3 Å². The Morgan fingerprint density at radius 2 is 2.06 bits per heavy atom. The van der Waals surface area contributed by atoms with Crippen molar-refractivity contribution >= 4 is 42.9 Å². The fourth-order valence-corrected chi connectivity index (χ4v) is 3.90. The van der Waals surface area contributed by atoms with Gasteiger partial charge in [-0.1, -0.05) is 17.7 Å². The van der Waals surface area contributed by atoms with Crippen molar-refractivity contribution in [1.82, 2.24) is 0 Å². The number of thiophene rings is 1. The van der Waals surface area contributed by atoms with Crippen LogP contribution in [0.4, 0.5) is 0 Å². The molecule has 17 heavy (non-hydrogen) atoms. The quantitative estimate of drug-likeness (QED) is 0.859. The highest BCUT2D eigenvalue weighted by molar-refractivity contribution is 7.91. The van der Waals surface area contributed by atoms with Crippen LogP contribution in [0.15, 0.2) is 23.6 Å². The van der Waals surface area contributed by atoms with Gasteiger partial charge in [-0.25, -0.2) is 8.42 Å². The first-order chi connectivity index (χ1) is 7.90. The van der Waals surface area contributed by atoms with E-state index in [0.29, 0.717) is 5.02 Å². The number of hydrogen-bond acceptors (Lipinski definition) is 3. The van der Waals surface area contributed by atoms with Crippen molar-refractivity contribution in [2.75, 3.05) is 0 Å². The van der Waals surface area contributed by atoms with Crippen molar-refractivity contribution in [3.05, 3.63) is 34.2 Å². The Morgan fingerprint density at radius 3 is 2.71 bits per heavy atom. The largest absolute Gasteiger partial charge is 0.228 e. The first-order valence-corrected chi connectivity index (χ1v) is 8.24. The van der Waals surface area contributed by atoms with E-state index in [1.165, 1.54) is 11.3 Å². The van der Waals surface area contributed by atoms with Crippen molar-refractivity contribution in [3.8, 4) is 0 Å². The molecule has 1 aromatic heterocycles. The second kappa shape index (κ2) is 4.59. The molecule has 0 saturated carbocycles. The standard InChI is InChI=1S/C12H13ClO2S2/c1-8(2)17(14,15)7-9-6-16-12-5-10(13)3-4-11(9)12/h3-6,8H,7H2,1-2H3. The van der Waals surface area contributed by atoms with E-state index in [-0.39, 0.29) is 11.0 Å². The highest BCUT2D eigenvalue weighted by Crippen LogP contribution is 2.30. The molecular weight excluding hydrogens is 276 g/mol. The Labute approximate surface area is 110 Å². The van der Waals surface area contributed by atoms with E-state index in [1.807, 2.05) is 17.5 Å². The van der Waals surface area contributed by atoms with E-state index in [2.05, 4.69) is 0 Å². The molecule has 0 unspecified atom stereocenters. The lowest BCUT2D eigenvalue weighted by atomic mass is 10.2. The normalized spacial score (nSPS) is 12.5. The van der Waals surface area contributed by atoms with Crippen molar-refractivity contribution in [2.24, 2.45) is 0 Å². The number of sulfone groups is 1. The van der Waals surface area contributed by atoms with Crippen molar-refractivity contribution in [2.45, 2.75) is 24.9 Å². The summed E-state index contributed by atoms with van der Waals surface area (Å²) >= 11 is 7.43. The Hall–Kier alpha value is -0.580. The lowest BCUT2D eigenvalue weighted by molar-refractivity contribution is 0.587. The molecule has 0 radical (unpaired) electrons. The van der Waals surface area contributed by atoms with Crippen LogP contribution in [0.5, 0.6) is 0 Å². The molecule has 0 aliphatic carbocycles.